The lowest BCUT2D eigenvalue weighted by molar-refractivity contribution is 0.356. The summed E-state index contributed by atoms with van der Waals surface area (Å²) in [6.45, 7) is 13.8. The Bertz CT molecular complexity index is 784. The number of aliphatic imine (C=N–C) groups is 1. The third-order valence-corrected chi connectivity index (χ3v) is 5.52. The molecule has 138 valence electrons. The molecule has 2 aromatic rings. The molecule has 1 heterocycles. The van der Waals surface area contributed by atoms with Crippen LogP contribution in [-0.4, -0.2) is 17.8 Å². The lowest BCUT2D eigenvalue weighted by Crippen LogP contribution is -2.51. The molecule has 0 spiro atoms. The van der Waals surface area contributed by atoms with Gasteiger partial charge in [0.25, 0.3) is 0 Å². The summed E-state index contributed by atoms with van der Waals surface area (Å²) in [7, 11) is 0. The second kappa shape index (κ2) is 7.26. The minimum Gasteiger partial charge on any atom is -0.364 e. The van der Waals surface area contributed by atoms with Crippen molar-refractivity contribution >= 4 is 17.6 Å². The van der Waals surface area contributed by atoms with Crippen molar-refractivity contribution in [1.29, 1.82) is 0 Å². The molecule has 1 aliphatic heterocycles. The van der Waals surface area contributed by atoms with Gasteiger partial charge in [-0.1, -0.05) is 32.0 Å². The van der Waals surface area contributed by atoms with Gasteiger partial charge in [0.15, 0.2) is 0 Å². The standard InChI is InChI=1S/C24H32N2/c1-7-19-8-11-21(12-9-19)25-16-20-10-13-23-22(14-20)18(4)15-24(5,6)26(23)17(2)3/h8-14,16-18H,7,15H2,1-6H3/t18-/m0/s1. The van der Waals surface area contributed by atoms with Crippen molar-refractivity contribution in [3.05, 3.63) is 59.2 Å². The molecule has 0 bridgehead atoms. The Morgan fingerprint density at radius 3 is 2.46 bits per heavy atom. The van der Waals surface area contributed by atoms with E-state index in [0.717, 1.165) is 12.1 Å². The number of fused-ring (bicyclic) bond motifs is 1. The molecule has 0 saturated carbocycles. The van der Waals surface area contributed by atoms with Crippen molar-refractivity contribution in [2.24, 2.45) is 4.99 Å². The van der Waals surface area contributed by atoms with Crippen LogP contribution in [0.3, 0.4) is 0 Å². The van der Waals surface area contributed by atoms with Crippen LogP contribution in [0.15, 0.2) is 47.5 Å². The van der Waals surface area contributed by atoms with E-state index in [1.165, 1.54) is 28.8 Å². The van der Waals surface area contributed by atoms with Crippen LogP contribution >= 0.6 is 0 Å². The van der Waals surface area contributed by atoms with Crippen LogP contribution < -0.4 is 4.90 Å². The maximum atomic E-state index is 4.67. The maximum Gasteiger partial charge on any atom is 0.0630 e. The summed E-state index contributed by atoms with van der Waals surface area (Å²) < 4.78 is 0. The summed E-state index contributed by atoms with van der Waals surface area (Å²) in [6.07, 6.45) is 4.24. The largest absolute Gasteiger partial charge is 0.364 e. The molecule has 26 heavy (non-hydrogen) atoms. The van der Waals surface area contributed by atoms with Gasteiger partial charge >= 0.3 is 0 Å². The Morgan fingerprint density at radius 2 is 1.85 bits per heavy atom. The zero-order valence-electron chi connectivity index (χ0n) is 17.1. The van der Waals surface area contributed by atoms with E-state index in [0.29, 0.717) is 12.0 Å². The summed E-state index contributed by atoms with van der Waals surface area (Å²) in [6, 6.07) is 15.8. The highest BCUT2D eigenvalue weighted by atomic mass is 15.2. The topological polar surface area (TPSA) is 15.6 Å². The monoisotopic (exact) mass is 348 g/mol. The SMILES string of the molecule is CCc1ccc(N=Cc2ccc3c(c2)[C@@H](C)CC(C)(C)N3C(C)C)cc1. The Morgan fingerprint density at radius 1 is 1.15 bits per heavy atom. The summed E-state index contributed by atoms with van der Waals surface area (Å²) in [5.41, 5.74) is 6.56. The lowest BCUT2D eigenvalue weighted by atomic mass is 9.79. The first-order valence-corrected chi connectivity index (χ1v) is 9.88. The van der Waals surface area contributed by atoms with Gasteiger partial charge in [-0.25, -0.2) is 0 Å². The Labute approximate surface area is 159 Å². The molecule has 2 nitrogen and oxygen atoms in total. The van der Waals surface area contributed by atoms with E-state index in [9.17, 15) is 0 Å². The van der Waals surface area contributed by atoms with E-state index in [-0.39, 0.29) is 5.54 Å². The van der Waals surface area contributed by atoms with E-state index >= 15 is 0 Å². The molecule has 2 heteroatoms. The molecular formula is C24H32N2. The van der Waals surface area contributed by atoms with E-state index in [1.54, 1.807) is 0 Å². The fourth-order valence-corrected chi connectivity index (χ4v) is 4.50. The lowest BCUT2D eigenvalue weighted by Gasteiger charge is -2.50. The van der Waals surface area contributed by atoms with Gasteiger partial charge in [-0.2, -0.15) is 0 Å². The molecule has 0 aliphatic carbocycles. The van der Waals surface area contributed by atoms with Gasteiger partial charge in [0, 0.05) is 23.5 Å². The second-order valence-electron chi connectivity index (χ2n) is 8.48. The van der Waals surface area contributed by atoms with Crippen LogP contribution in [0.1, 0.15) is 70.6 Å². The summed E-state index contributed by atoms with van der Waals surface area (Å²) >= 11 is 0. The predicted octanol–water partition coefficient (Wildman–Crippen LogP) is 6.50. The smallest absolute Gasteiger partial charge is 0.0630 e. The molecule has 3 rings (SSSR count). The summed E-state index contributed by atoms with van der Waals surface area (Å²) in [5, 5.41) is 0. The molecule has 0 fully saturated rings. The number of hydrogen-bond donors (Lipinski definition) is 0. The molecule has 0 amide bonds. The van der Waals surface area contributed by atoms with Crippen molar-refractivity contribution in [2.75, 3.05) is 4.90 Å². The van der Waals surface area contributed by atoms with Gasteiger partial charge in [-0.15, -0.1) is 0 Å². The van der Waals surface area contributed by atoms with Gasteiger partial charge in [0.05, 0.1) is 5.69 Å². The Hall–Kier alpha value is -2.09. The highest BCUT2D eigenvalue weighted by Gasteiger charge is 2.37. The van der Waals surface area contributed by atoms with Gasteiger partial charge in [-0.3, -0.25) is 4.99 Å². The minimum absolute atomic E-state index is 0.192. The van der Waals surface area contributed by atoms with Gasteiger partial charge in [0.1, 0.15) is 0 Å². The molecule has 0 saturated heterocycles. The molecule has 0 aromatic heterocycles. The second-order valence-corrected chi connectivity index (χ2v) is 8.48. The van der Waals surface area contributed by atoms with Crippen molar-refractivity contribution in [1.82, 2.24) is 0 Å². The van der Waals surface area contributed by atoms with Crippen molar-refractivity contribution in [3.8, 4) is 0 Å². The first-order valence-electron chi connectivity index (χ1n) is 9.88. The predicted molar refractivity (Wildman–Crippen MR) is 114 cm³/mol. The first-order chi connectivity index (χ1) is 12.3. The van der Waals surface area contributed by atoms with Crippen molar-refractivity contribution in [2.45, 2.75) is 71.9 Å². The third kappa shape index (κ3) is 3.70. The van der Waals surface area contributed by atoms with E-state index in [4.69, 9.17) is 0 Å². The minimum atomic E-state index is 0.192. The molecule has 0 radical (unpaired) electrons. The van der Waals surface area contributed by atoms with Crippen LogP contribution in [0.25, 0.3) is 0 Å². The number of hydrogen-bond acceptors (Lipinski definition) is 2. The number of anilines is 1. The quantitative estimate of drug-likeness (QED) is 0.576. The molecule has 2 aromatic carbocycles. The zero-order chi connectivity index (χ0) is 18.9. The Kier molecular flexibility index (Phi) is 5.22. The summed E-state index contributed by atoms with van der Waals surface area (Å²) in [5.74, 6) is 0.562. The highest BCUT2D eigenvalue weighted by molar-refractivity contribution is 5.83. The van der Waals surface area contributed by atoms with Gasteiger partial charge < -0.3 is 4.90 Å². The number of aryl methyl sites for hydroxylation is 1. The van der Waals surface area contributed by atoms with Crippen molar-refractivity contribution < 1.29 is 0 Å². The van der Waals surface area contributed by atoms with Gasteiger partial charge in [-0.05, 0) is 87.4 Å². The fraction of sp³-hybridized carbons (Fsp3) is 0.458. The fourth-order valence-electron chi connectivity index (χ4n) is 4.50. The zero-order valence-corrected chi connectivity index (χ0v) is 17.1. The average Bonchev–Trinajstić information content (AvgIpc) is 2.59. The maximum absolute atomic E-state index is 4.67. The number of nitrogens with zero attached hydrogens (tertiary/aromatic N) is 2. The molecule has 1 aliphatic rings. The third-order valence-electron chi connectivity index (χ3n) is 5.52. The van der Waals surface area contributed by atoms with Crippen LogP contribution in [0, 0.1) is 0 Å². The molecule has 0 N–H and O–H groups in total. The molecular weight excluding hydrogens is 316 g/mol. The van der Waals surface area contributed by atoms with E-state index < -0.39 is 0 Å². The molecule has 0 unspecified atom stereocenters. The average molecular weight is 349 g/mol. The van der Waals surface area contributed by atoms with Crippen LogP contribution in [0.5, 0.6) is 0 Å². The van der Waals surface area contributed by atoms with Crippen LogP contribution in [-0.2, 0) is 6.42 Å². The van der Waals surface area contributed by atoms with Crippen LogP contribution in [0.2, 0.25) is 0 Å². The Balaban J connectivity index is 1.90. The molecule has 1 atom stereocenters. The van der Waals surface area contributed by atoms with Crippen LogP contribution in [0.4, 0.5) is 11.4 Å². The van der Waals surface area contributed by atoms with E-state index in [2.05, 4.69) is 93.9 Å². The van der Waals surface area contributed by atoms with Crippen molar-refractivity contribution in [3.63, 3.8) is 0 Å². The summed E-state index contributed by atoms with van der Waals surface area (Å²) in [4.78, 5) is 7.25. The normalized spacial score (nSPS) is 19.2. The van der Waals surface area contributed by atoms with Gasteiger partial charge in [0.2, 0.25) is 0 Å². The number of benzene rings is 2. The first kappa shape index (κ1) is 18.7. The van der Waals surface area contributed by atoms with E-state index in [1.807, 2.05) is 6.21 Å². The number of rotatable bonds is 4. The highest BCUT2D eigenvalue weighted by Crippen LogP contribution is 2.44.